The maximum absolute atomic E-state index is 11.5. The zero-order valence-electron chi connectivity index (χ0n) is 10.5. The molecular weight excluding hydrogens is 266 g/mol. The number of rotatable bonds is 3. The van der Waals surface area contributed by atoms with Crippen molar-refractivity contribution in [3.05, 3.63) is 22.7 Å². The first-order chi connectivity index (χ1) is 8.93. The molecule has 1 aliphatic rings. The van der Waals surface area contributed by atoms with Crippen molar-refractivity contribution in [2.24, 2.45) is 5.92 Å². The summed E-state index contributed by atoms with van der Waals surface area (Å²) in [7, 11) is 1.81. The van der Waals surface area contributed by atoms with Crippen molar-refractivity contribution >= 4 is 34.7 Å². The van der Waals surface area contributed by atoms with Gasteiger partial charge in [0, 0.05) is 13.6 Å². The van der Waals surface area contributed by atoms with E-state index in [1.165, 1.54) is 6.07 Å². The van der Waals surface area contributed by atoms with Gasteiger partial charge in [-0.25, -0.2) is 0 Å². The number of nitriles is 1. The van der Waals surface area contributed by atoms with Crippen LogP contribution in [-0.4, -0.2) is 25.3 Å². The molecule has 19 heavy (non-hydrogen) atoms. The fourth-order valence-corrected chi connectivity index (χ4v) is 2.30. The third-order valence-corrected chi connectivity index (χ3v) is 3.27. The topological polar surface area (TPSA) is 73.2 Å². The smallest absolute Gasteiger partial charge is 0.296 e. The number of halogens is 1. The molecule has 1 unspecified atom stereocenters. The predicted molar refractivity (Wildman–Crippen MR) is 72.5 cm³/mol. The molecule has 0 aromatic heterocycles. The second-order valence-corrected chi connectivity index (χ2v) is 4.95. The highest BCUT2D eigenvalue weighted by Crippen LogP contribution is 2.34. The third-order valence-electron chi connectivity index (χ3n) is 2.97. The summed E-state index contributed by atoms with van der Waals surface area (Å²) in [5, 5.41) is 11.7. The van der Waals surface area contributed by atoms with Gasteiger partial charge in [0.2, 0.25) is 0 Å². The van der Waals surface area contributed by atoms with Crippen LogP contribution in [0.2, 0.25) is 5.02 Å². The Morgan fingerprint density at radius 2 is 2.16 bits per heavy atom. The summed E-state index contributed by atoms with van der Waals surface area (Å²) < 4.78 is 0. The van der Waals surface area contributed by atoms with Crippen molar-refractivity contribution in [1.82, 2.24) is 0 Å². The van der Waals surface area contributed by atoms with E-state index in [2.05, 4.69) is 11.4 Å². The van der Waals surface area contributed by atoms with Gasteiger partial charge >= 0.3 is 0 Å². The van der Waals surface area contributed by atoms with Crippen molar-refractivity contribution < 1.29 is 9.59 Å². The van der Waals surface area contributed by atoms with Gasteiger partial charge in [-0.15, -0.1) is 0 Å². The Labute approximate surface area is 115 Å². The lowest BCUT2D eigenvalue weighted by molar-refractivity contribution is -0.112. The van der Waals surface area contributed by atoms with E-state index >= 15 is 0 Å². The Bertz CT molecular complexity index is 607. The van der Waals surface area contributed by atoms with Crippen LogP contribution in [0.5, 0.6) is 0 Å². The fourth-order valence-electron chi connectivity index (χ4n) is 2.00. The van der Waals surface area contributed by atoms with E-state index in [9.17, 15) is 9.59 Å². The number of ketones is 1. The Morgan fingerprint density at radius 1 is 1.47 bits per heavy atom. The van der Waals surface area contributed by atoms with E-state index in [0.717, 1.165) is 0 Å². The maximum atomic E-state index is 11.5. The molecule has 2 rings (SSSR count). The number of hydrogen-bond donors (Lipinski definition) is 1. The molecule has 0 radical (unpaired) electrons. The van der Waals surface area contributed by atoms with Crippen LogP contribution in [0.1, 0.15) is 17.3 Å². The number of fused-ring (bicyclic) bond motifs is 1. The van der Waals surface area contributed by atoms with Crippen molar-refractivity contribution in [3.8, 4) is 6.07 Å². The Balaban J connectivity index is 2.35. The Morgan fingerprint density at radius 3 is 2.79 bits per heavy atom. The summed E-state index contributed by atoms with van der Waals surface area (Å²) in [6, 6.07) is 5.29. The summed E-state index contributed by atoms with van der Waals surface area (Å²) in [5.74, 6) is -1.36. The van der Waals surface area contributed by atoms with E-state index in [-0.39, 0.29) is 5.92 Å². The molecule has 0 spiro atoms. The van der Waals surface area contributed by atoms with Crippen LogP contribution >= 0.6 is 11.6 Å². The summed E-state index contributed by atoms with van der Waals surface area (Å²) in [5.41, 5.74) is 1.43. The fraction of sp³-hybridized carbons (Fsp3) is 0.308. The van der Waals surface area contributed by atoms with Crippen LogP contribution in [0, 0.1) is 17.2 Å². The minimum absolute atomic E-state index is 0.148. The molecule has 1 N–H and O–H groups in total. The second kappa shape index (κ2) is 4.90. The minimum Gasteiger partial charge on any atom is -0.372 e. The van der Waals surface area contributed by atoms with Gasteiger partial charge in [-0.2, -0.15) is 5.26 Å². The van der Waals surface area contributed by atoms with E-state index in [1.807, 2.05) is 11.8 Å². The van der Waals surface area contributed by atoms with E-state index in [4.69, 9.17) is 16.9 Å². The van der Waals surface area contributed by atoms with E-state index in [1.54, 1.807) is 13.1 Å². The van der Waals surface area contributed by atoms with Gasteiger partial charge in [0.1, 0.15) is 0 Å². The zero-order valence-corrected chi connectivity index (χ0v) is 11.3. The lowest BCUT2D eigenvalue weighted by Crippen LogP contribution is -2.23. The van der Waals surface area contributed by atoms with Crippen molar-refractivity contribution in [3.63, 3.8) is 0 Å². The number of benzene rings is 1. The number of carbonyl (C=O) groups excluding carboxylic acids is 2. The molecule has 6 heteroatoms. The van der Waals surface area contributed by atoms with Crippen LogP contribution in [0.4, 0.5) is 11.4 Å². The van der Waals surface area contributed by atoms with Crippen LogP contribution in [0.25, 0.3) is 0 Å². The molecule has 1 aromatic rings. The molecule has 1 aliphatic heterocycles. The first kappa shape index (κ1) is 13.4. The van der Waals surface area contributed by atoms with Crippen LogP contribution in [-0.2, 0) is 4.79 Å². The average molecular weight is 278 g/mol. The third kappa shape index (κ3) is 2.40. The number of hydrogen-bond acceptors (Lipinski definition) is 4. The highest BCUT2D eigenvalue weighted by Gasteiger charge is 2.29. The standard InChI is InChI=1S/C13H12ClN3O2/c1-7(5-15)6-17(2)11-4-10-8(3-9(11)14)12(18)13(19)16-10/h3-4,7H,6H2,1-2H3,(H,16,18,19). The Kier molecular flexibility index (Phi) is 3.45. The molecule has 1 aromatic carbocycles. The first-order valence-corrected chi connectivity index (χ1v) is 6.11. The normalized spacial score (nSPS) is 14.6. The van der Waals surface area contributed by atoms with Gasteiger partial charge in [0.05, 0.1) is 33.9 Å². The quantitative estimate of drug-likeness (QED) is 0.859. The summed E-state index contributed by atoms with van der Waals surface area (Å²) in [4.78, 5) is 24.6. The number of Topliss-reactive ketones (excluding diaryl/α,β-unsaturated/α-hetero) is 1. The highest BCUT2D eigenvalue weighted by atomic mass is 35.5. The summed E-state index contributed by atoms with van der Waals surface area (Å²) >= 11 is 6.13. The van der Waals surface area contributed by atoms with Crippen molar-refractivity contribution in [1.29, 1.82) is 5.26 Å². The maximum Gasteiger partial charge on any atom is 0.296 e. The first-order valence-electron chi connectivity index (χ1n) is 5.74. The minimum atomic E-state index is -0.642. The molecule has 98 valence electrons. The SMILES string of the molecule is CC(C#N)CN(C)c1cc2c(cc1Cl)C(=O)C(=O)N2. The zero-order chi connectivity index (χ0) is 14.2. The highest BCUT2D eigenvalue weighted by molar-refractivity contribution is 6.52. The molecule has 1 atom stereocenters. The number of nitrogens with zero attached hydrogens (tertiary/aromatic N) is 2. The molecule has 0 bridgehead atoms. The van der Waals surface area contributed by atoms with E-state index in [0.29, 0.717) is 28.5 Å². The lowest BCUT2D eigenvalue weighted by Gasteiger charge is -2.22. The summed E-state index contributed by atoms with van der Waals surface area (Å²) in [6.45, 7) is 2.32. The van der Waals surface area contributed by atoms with Crippen molar-refractivity contribution in [2.45, 2.75) is 6.92 Å². The van der Waals surface area contributed by atoms with Gasteiger partial charge < -0.3 is 10.2 Å². The molecule has 0 saturated heterocycles. The Hall–Kier alpha value is -2.06. The van der Waals surface area contributed by atoms with Crippen LogP contribution in [0.3, 0.4) is 0 Å². The lowest BCUT2D eigenvalue weighted by atomic mass is 10.1. The second-order valence-electron chi connectivity index (χ2n) is 4.54. The van der Waals surface area contributed by atoms with Crippen LogP contribution in [0.15, 0.2) is 12.1 Å². The molecule has 1 amide bonds. The van der Waals surface area contributed by atoms with Gasteiger partial charge in [0.15, 0.2) is 0 Å². The number of anilines is 2. The number of carbonyl (C=O) groups is 2. The number of amides is 1. The van der Waals surface area contributed by atoms with Gasteiger partial charge in [-0.05, 0) is 19.1 Å². The largest absolute Gasteiger partial charge is 0.372 e. The molecule has 5 nitrogen and oxygen atoms in total. The molecular formula is C13H12ClN3O2. The van der Waals surface area contributed by atoms with Gasteiger partial charge in [-0.1, -0.05) is 11.6 Å². The molecule has 0 saturated carbocycles. The molecule has 1 heterocycles. The van der Waals surface area contributed by atoms with Crippen LogP contribution < -0.4 is 10.2 Å². The van der Waals surface area contributed by atoms with Gasteiger partial charge in [-0.3, -0.25) is 9.59 Å². The summed E-state index contributed by atoms with van der Waals surface area (Å²) in [6.07, 6.45) is 0. The van der Waals surface area contributed by atoms with Gasteiger partial charge in [0.25, 0.3) is 11.7 Å². The van der Waals surface area contributed by atoms with E-state index < -0.39 is 11.7 Å². The molecule has 0 fully saturated rings. The number of nitrogens with one attached hydrogen (secondary N) is 1. The molecule has 0 aliphatic carbocycles. The van der Waals surface area contributed by atoms with Crippen molar-refractivity contribution in [2.75, 3.05) is 23.8 Å². The predicted octanol–water partition coefficient (Wildman–Crippen LogP) is 2.07. The monoisotopic (exact) mass is 277 g/mol. The average Bonchev–Trinajstić information content (AvgIpc) is 2.64.